The fraction of sp³-hybridized carbons (Fsp3) is 0.154. The molecule has 0 spiro atoms. The van der Waals surface area contributed by atoms with Crippen LogP contribution in [0.15, 0.2) is 46.7 Å². The first kappa shape index (κ1) is 12.2. The standard InChI is InChI=1S/C13H13NOS2/c1-14(9-10-5-4-8-17-10)13(15)11-6-2-3-7-12(11)16/h2-8,16H,9H2,1H3. The van der Waals surface area contributed by atoms with E-state index >= 15 is 0 Å². The molecule has 0 radical (unpaired) electrons. The zero-order valence-electron chi connectivity index (χ0n) is 9.46. The van der Waals surface area contributed by atoms with Gasteiger partial charge >= 0.3 is 0 Å². The van der Waals surface area contributed by atoms with Gasteiger partial charge in [-0.1, -0.05) is 18.2 Å². The molecule has 0 N–H and O–H groups in total. The zero-order chi connectivity index (χ0) is 12.3. The number of thiol groups is 1. The number of nitrogens with zero attached hydrogens (tertiary/aromatic N) is 1. The predicted octanol–water partition coefficient (Wildman–Crippen LogP) is 3.31. The van der Waals surface area contributed by atoms with Gasteiger partial charge in [-0.25, -0.2) is 0 Å². The van der Waals surface area contributed by atoms with Crippen LogP contribution in [-0.2, 0) is 6.54 Å². The van der Waals surface area contributed by atoms with Crippen molar-refractivity contribution in [3.05, 3.63) is 52.2 Å². The second-order valence-electron chi connectivity index (χ2n) is 3.76. The topological polar surface area (TPSA) is 20.3 Å². The predicted molar refractivity (Wildman–Crippen MR) is 73.8 cm³/mol. The number of hydrogen-bond donors (Lipinski definition) is 1. The minimum atomic E-state index is 0.00370. The Bertz CT molecular complexity index is 508. The molecule has 2 nitrogen and oxygen atoms in total. The number of amides is 1. The van der Waals surface area contributed by atoms with Crippen LogP contribution in [0.3, 0.4) is 0 Å². The van der Waals surface area contributed by atoms with E-state index in [0.717, 1.165) is 4.90 Å². The summed E-state index contributed by atoms with van der Waals surface area (Å²) in [5, 5.41) is 2.01. The van der Waals surface area contributed by atoms with Crippen LogP contribution in [0, 0.1) is 0 Å². The molecule has 0 saturated carbocycles. The summed E-state index contributed by atoms with van der Waals surface area (Å²) in [7, 11) is 1.81. The average Bonchev–Trinajstić information content (AvgIpc) is 2.81. The van der Waals surface area contributed by atoms with Crippen molar-refractivity contribution in [2.75, 3.05) is 7.05 Å². The van der Waals surface area contributed by atoms with Crippen molar-refractivity contribution in [1.29, 1.82) is 0 Å². The fourth-order valence-corrected chi connectivity index (χ4v) is 2.58. The first-order chi connectivity index (χ1) is 8.18. The highest BCUT2D eigenvalue weighted by Crippen LogP contribution is 2.17. The lowest BCUT2D eigenvalue weighted by Gasteiger charge is -2.17. The largest absolute Gasteiger partial charge is 0.337 e. The maximum Gasteiger partial charge on any atom is 0.255 e. The van der Waals surface area contributed by atoms with E-state index in [0.29, 0.717) is 12.1 Å². The Morgan fingerprint density at radius 1 is 1.29 bits per heavy atom. The summed E-state index contributed by atoms with van der Waals surface area (Å²) in [5.74, 6) is 0.00370. The van der Waals surface area contributed by atoms with Crippen LogP contribution >= 0.6 is 24.0 Å². The van der Waals surface area contributed by atoms with Gasteiger partial charge in [-0.3, -0.25) is 4.79 Å². The van der Waals surface area contributed by atoms with Gasteiger partial charge in [0.25, 0.3) is 5.91 Å². The molecule has 4 heteroatoms. The minimum Gasteiger partial charge on any atom is -0.337 e. The maximum absolute atomic E-state index is 12.2. The Labute approximate surface area is 110 Å². The first-order valence-corrected chi connectivity index (χ1v) is 6.57. The van der Waals surface area contributed by atoms with Crippen molar-refractivity contribution >= 4 is 29.9 Å². The zero-order valence-corrected chi connectivity index (χ0v) is 11.2. The van der Waals surface area contributed by atoms with Crippen molar-refractivity contribution in [2.24, 2.45) is 0 Å². The van der Waals surface area contributed by atoms with Crippen molar-refractivity contribution in [1.82, 2.24) is 4.90 Å². The van der Waals surface area contributed by atoms with Gasteiger partial charge < -0.3 is 4.90 Å². The summed E-state index contributed by atoms with van der Waals surface area (Å²) < 4.78 is 0. The molecule has 0 aliphatic heterocycles. The third-order valence-corrected chi connectivity index (χ3v) is 3.71. The molecule has 17 heavy (non-hydrogen) atoms. The number of carbonyl (C=O) groups is 1. The van der Waals surface area contributed by atoms with Crippen molar-refractivity contribution in [3.8, 4) is 0 Å². The van der Waals surface area contributed by atoms with Crippen molar-refractivity contribution in [2.45, 2.75) is 11.4 Å². The molecule has 1 amide bonds. The summed E-state index contributed by atoms with van der Waals surface area (Å²) in [6.07, 6.45) is 0. The number of rotatable bonds is 3. The summed E-state index contributed by atoms with van der Waals surface area (Å²) in [4.78, 5) is 15.8. The van der Waals surface area contributed by atoms with Gasteiger partial charge in [0.05, 0.1) is 12.1 Å². The second-order valence-corrected chi connectivity index (χ2v) is 5.27. The molecule has 2 rings (SSSR count). The van der Waals surface area contributed by atoms with E-state index in [-0.39, 0.29) is 5.91 Å². The molecule has 2 aromatic rings. The monoisotopic (exact) mass is 263 g/mol. The Hall–Kier alpha value is -1.26. The van der Waals surface area contributed by atoms with Gasteiger partial charge in [0.1, 0.15) is 0 Å². The molecule has 0 fully saturated rings. The van der Waals surface area contributed by atoms with Crippen LogP contribution in [-0.4, -0.2) is 17.9 Å². The highest BCUT2D eigenvalue weighted by atomic mass is 32.1. The molecule has 0 atom stereocenters. The SMILES string of the molecule is CN(Cc1cccs1)C(=O)c1ccccc1S. The van der Waals surface area contributed by atoms with Crippen LogP contribution in [0.25, 0.3) is 0 Å². The summed E-state index contributed by atoms with van der Waals surface area (Å²) in [6.45, 7) is 0.638. The first-order valence-electron chi connectivity index (χ1n) is 5.24. The molecular weight excluding hydrogens is 250 g/mol. The van der Waals surface area contributed by atoms with Crippen LogP contribution < -0.4 is 0 Å². The molecule has 0 saturated heterocycles. The van der Waals surface area contributed by atoms with Gasteiger partial charge in [0, 0.05) is 16.8 Å². The number of benzene rings is 1. The lowest BCUT2D eigenvalue weighted by molar-refractivity contribution is 0.0783. The fourth-order valence-electron chi connectivity index (χ4n) is 1.57. The van der Waals surface area contributed by atoms with Gasteiger partial charge in [0.15, 0.2) is 0 Å². The minimum absolute atomic E-state index is 0.00370. The smallest absolute Gasteiger partial charge is 0.255 e. The van der Waals surface area contributed by atoms with Crippen LogP contribution in [0.5, 0.6) is 0 Å². The quantitative estimate of drug-likeness (QED) is 0.842. The Morgan fingerprint density at radius 3 is 2.71 bits per heavy atom. The van der Waals surface area contributed by atoms with Gasteiger partial charge in [-0.05, 0) is 23.6 Å². The van der Waals surface area contributed by atoms with Crippen LogP contribution in [0.2, 0.25) is 0 Å². The van der Waals surface area contributed by atoms with E-state index in [1.54, 1.807) is 22.3 Å². The number of hydrogen-bond acceptors (Lipinski definition) is 3. The maximum atomic E-state index is 12.2. The van der Waals surface area contributed by atoms with Crippen molar-refractivity contribution in [3.63, 3.8) is 0 Å². The third-order valence-electron chi connectivity index (χ3n) is 2.45. The highest BCUT2D eigenvalue weighted by Gasteiger charge is 2.14. The number of thiophene rings is 1. The molecule has 1 aromatic carbocycles. The van der Waals surface area contributed by atoms with E-state index < -0.39 is 0 Å². The molecule has 0 aliphatic carbocycles. The second kappa shape index (κ2) is 5.38. The van der Waals surface area contributed by atoms with E-state index in [2.05, 4.69) is 12.6 Å². The molecule has 0 aliphatic rings. The Balaban J connectivity index is 2.13. The van der Waals surface area contributed by atoms with E-state index in [9.17, 15) is 4.79 Å². The lowest BCUT2D eigenvalue weighted by Crippen LogP contribution is -2.26. The average molecular weight is 263 g/mol. The Morgan fingerprint density at radius 2 is 2.06 bits per heavy atom. The molecule has 88 valence electrons. The van der Waals surface area contributed by atoms with Gasteiger partial charge in [-0.2, -0.15) is 0 Å². The van der Waals surface area contributed by atoms with E-state index in [4.69, 9.17) is 0 Å². The summed E-state index contributed by atoms with van der Waals surface area (Å²) >= 11 is 5.96. The molecule has 1 aromatic heterocycles. The molecule has 1 heterocycles. The van der Waals surface area contributed by atoms with Crippen LogP contribution in [0.1, 0.15) is 15.2 Å². The van der Waals surface area contributed by atoms with Gasteiger partial charge in [-0.15, -0.1) is 24.0 Å². The normalized spacial score (nSPS) is 10.2. The summed E-state index contributed by atoms with van der Waals surface area (Å²) in [6, 6.07) is 11.4. The molecular formula is C13H13NOS2. The van der Waals surface area contributed by atoms with Crippen LogP contribution in [0.4, 0.5) is 0 Å². The van der Waals surface area contributed by atoms with Gasteiger partial charge in [0.2, 0.25) is 0 Å². The lowest BCUT2D eigenvalue weighted by atomic mass is 10.2. The highest BCUT2D eigenvalue weighted by molar-refractivity contribution is 7.80. The van der Waals surface area contributed by atoms with Crippen molar-refractivity contribution < 1.29 is 4.79 Å². The van der Waals surface area contributed by atoms with E-state index in [1.807, 2.05) is 42.8 Å². The summed E-state index contributed by atoms with van der Waals surface area (Å²) in [5.41, 5.74) is 0.648. The Kier molecular flexibility index (Phi) is 3.86. The molecule has 0 bridgehead atoms. The number of carbonyl (C=O) groups excluding carboxylic acids is 1. The third kappa shape index (κ3) is 2.90. The molecule has 0 unspecified atom stereocenters. The van der Waals surface area contributed by atoms with E-state index in [1.165, 1.54) is 4.88 Å².